The number of aliphatic carboxylic acids is 2. The van der Waals surface area contributed by atoms with E-state index in [9.17, 15) is 29.4 Å². The molecule has 2 rings (SSSR count). The molecule has 65 heavy (non-hydrogen) atoms. The van der Waals surface area contributed by atoms with Crippen molar-refractivity contribution in [2.24, 2.45) is 0 Å². The van der Waals surface area contributed by atoms with Crippen molar-refractivity contribution < 1.29 is 48.3 Å². The number of unbranched alkanes of at least 4 members (excludes halogenated alkanes) is 20. The molecule has 0 bridgehead atoms. The van der Waals surface area contributed by atoms with E-state index in [4.69, 9.17) is 18.9 Å². The molecule has 0 amide bonds. The topological polar surface area (TPSA) is 151 Å². The van der Waals surface area contributed by atoms with Gasteiger partial charge in [0.05, 0.1) is 37.4 Å². The maximum atomic E-state index is 11.5. The number of rotatable bonds is 40. The van der Waals surface area contributed by atoms with E-state index in [1.165, 1.54) is 129 Å². The molecule has 0 aliphatic carbocycles. The van der Waals surface area contributed by atoms with Crippen LogP contribution in [-0.2, 0) is 51.3 Å². The van der Waals surface area contributed by atoms with Crippen LogP contribution >= 0.6 is 0 Å². The van der Waals surface area contributed by atoms with Gasteiger partial charge in [0.15, 0.2) is 0 Å². The maximum absolute atomic E-state index is 11.5. The monoisotopic (exact) mass is 1030 g/mol. The Hall–Kier alpha value is -2.19. The molecule has 0 aliphatic heterocycles. The Labute approximate surface area is 434 Å². The molecule has 0 N–H and O–H groups in total. The van der Waals surface area contributed by atoms with Crippen molar-refractivity contribution in [3.05, 3.63) is 71.8 Å². The number of esters is 2. The first kappa shape index (κ1) is 62.8. The van der Waals surface area contributed by atoms with Crippen LogP contribution in [0, 0.1) is 0 Å². The van der Waals surface area contributed by atoms with Gasteiger partial charge in [-0.3, -0.25) is 9.59 Å². The molecule has 4 atom stereocenters. The quantitative estimate of drug-likeness (QED) is 0.0358. The molecule has 10 nitrogen and oxygen atoms in total. The molecule has 2 aromatic rings. The minimum Gasteiger partial charge on any atom is -0.547 e. The third kappa shape index (κ3) is 38.5. The largest absolute Gasteiger partial charge is 2.00 e. The van der Waals surface area contributed by atoms with Gasteiger partial charge in [0.25, 0.3) is 0 Å². The zero-order valence-electron chi connectivity index (χ0n) is 41.1. The zero-order valence-corrected chi connectivity index (χ0v) is 45.5. The molecule has 0 aliphatic rings. The standard InChI is InChI=1S/2C27H44O5.Ba/c2*1-3-4-5-6-7-8-9-10-11-12-16-19-25(32-23(2)28)20-21-26(27(29)30)31-22-24-17-14-13-15-18-24;/h2*13-15,17-18,25-26H,3-12,16,19-22H2,1-2H3,(H,29,30);/q;;+2/p-2. The molecule has 0 heterocycles. The summed E-state index contributed by atoms with van der Waals surface area (Å²) in [6.45, 7) is 7.72. The number of benzene rings is 2. The fourth-order valence-corrected chi connectivity index (χ4v) is 7.82. The van der Waals surface area contributed by atoms with Crippen LogP contribution in [0.15, 0.2) is 60.7 Å². The van der Waals surface area contributed by atoms with Crippen molar-refractivity contribution in [2.45, 2.75) is 245 Å². The Morgan fingerprint density at radius 1 is 0.415 bits per heavy atom. The number of carbonyl (C=O) groups excluding carboxylic acids is 4. The normalized spacial score (nSPS) is 12.7. The van der Waals surface area contributed by atoms with Crippen LogP contribution in [0.2, 0.25) is 0 Å². The van der Waals surface area contributed by atoms with Crippen molar-refractivity contribution in [1.82, 2.24) is 0 Å². The first-order valence-corrected chi connectivity index (χ1v) is 25.1. The zero-order chi connectivity index (χ0) is 46.9. The summed E-state index contributed by atoms with van der Waals surface area (Å²) in [7, 11) is 0. The van der Waals surface area contributed by atoms with Crippen LogP contribution in [0.25, 0.3) is 0 Å². The molecule has 11 heteroatoms. The summed E-state index contributed by atoms with van der Waals surface area (Å²) in [5, 5.41) is 22.9. The van der Waals surface area contributed by atoms with Gasteiger partial charge in [-0.05, 0) is 62.5 Å². The van der Waals surface area contributed by atoms with Crippen LogP contribution < -0.4 is 10.2 Å². The fourth-order valence-electron chi connectivity index (χ4n) is 7.82. The van der Waals surface area contributed by atoms with Crippen molar-refractivity contribution in [2.75, 3.05) is 0 Å². The van der Waals surface area contributed by atoms with Crippen LogP contribution in [0.1, 0.15) is 219 Å². The van der Waals surface area contributed by atoms with Gasteiger partial charge < -0.3 is 38.7 Å². The van der Waals surface area contributed by atoms with Crippen molar-refractivity contribution in [3.63, 3.8) is 0 Å². The molecule has 0 saturated heterocycles. The molecule has 4 unspecified atom stereocenters. The smallest absolute Gasteiger partial charge is 0.547 e. The predicted octanol–water partition coefficient (Wildman–Crippen LogP) is 11.1. The molecule has 0 spiro atoms. The summed E-state index contributed by atoms with van der Waals surface area (Å²) in [5.74, 6) is -3.10. The van der Waals surface area contributed by atoms with Gasteiger partial charge in [0.2, 0.25) is 0 Å². The van der Waals surface area contributed by atoms with E-state index in [1.807, 2.05) is 60.7 Å². The maximum Gasteiger partial charge on any atom is 2.00 e. The van der Waals surface area contributed by atoms with E-state index in [-0.39, 0.29) is 99.1 Å². The van der Waals surface area contributed by atoms with Crippen LogP contribution in [0.5, 0.6) is 0 Å². The second kappa shape index (κ2) is 44.3. The van der Waals surface area contributed by atoms with Gasteiger partial charge in [-0.15, -0.1) is 0 Å². The summed E-state index contributed by atoms with van der Waals surface area (Å²) in [6.07, 6.45) is 28.2. The van der Waals surface area contributed by atoms with Crippen LogP contribution in [0.4, 0.5) is 0 Å². The Kier molecular flexibility index (Phi) is 42.8. The van der Waals surface area contributed by atoms with E-state index in [1.54, 1.807) is 0 Å². The van der Waals surface area contributed by atoms with E-state index >= 15 is 0 Å². The summed E-state index contributed by atoms with van der Waals surface area (Å²) >= 11 is 0. The van der Waals surface area contributed by atoms with Gasteiger partial charge in [-0.1, -0.05) is 203 Å². The summed E-state index contributed by atoms with van der Waals surface area (Å²) in [6, 6.07) is 18.9. The summed E-state index contributed by atoms with van der Waals surface area (Å²) in [5.41, 5.74) is 1.83. The van der Waals surface area contributed by atoms with Crippen LogP contribution in [-0.4, -0.2) is 97.2 Å². The first-order valence-electron chi connectivity index (χ1n) is 25.1. The Balaban J connectivity index is 0.00000124. The number of hydrogen-bond acceptors (Lipinski definition) is 10. The SMILES string of the molecule is CCCCCCCCCCCCCC(CCC(OCc1ccccc1)C(=O)[O-])OC(C)=O.CCCCCCCCCCCCCC(CCC(OCc1ccccc1)C(=O)[O-])OC(C)=O.[Ba+2]. The first-order chi connectivity index (χ1) is 31.0. The average molecular weight is 1030 g/mol. The number of carboxylic acids is 2. The van der Waals surface area contributed by atoms with E-state index in [0.717, 1.165) is 49.7 Å². The number of carbonyl (C=O) groups is 4. The van der Waals surface area contributed by atoms with E-state index < -0.39 is 24.1 Å². The molecule has 0 radical (unpaired) electrons. The third-order valence-corrected chi connectivity index (χ3v) is 11.5. The second-order valence-electron chi connectivity index (χ2n) is 17.5. The van der Waals surface area contributed by atoms with Crippen molar-refractivity contribution >= 4 is 72.8 Å². The van der Waals surface area contributed by atoms with E-state index in [0.29, 0.717) is 12.8 Å². The van der Waals surface area contributed by atoms with Gasteiger partial charge in [0.1, 0.15) is 12.2 Å². The van der Waals surface area contributed by atoms with Gasteiger partial charge in [0, 0.05) is 13.8 Å². The minimum absolute atomic E-state index is 0. The van der Waals surface area contributed by atoms with Crippen molar-refractivity contribution in [3.8, 4) is 0 Å². The molecule has 0 aromatic heterocycles. The Bertz CT molecular complexity index is 1320. The molecular weight excluding hydrogens is 946 g/mol. The Morgan fingerprint density at radius 2 is 0.692 bits per heavy atom. The molecular formula is C54H86BaO10. The molecule has 364 valence electrons. The molecule has 2 aromatic carbocycles. The second-order valence-corrected chi connectivity index (χ2v) is 17.5. The number of hydrogen-bond donors (Lipinski definition) is 0. The molecule has 0 fully saturated rings. The van der Waals surface area contributed by atoms with Crippen molar-refractivity contribution in [1.29, 1.82) is 0 Å². The van der Waals surface area contributed by atoms with Gasteiger partial charge in [-0.25, -0.2) is 0 Å². The average Bonchev–Trinajstić information content (AvgIpc) is 3.27. The number of carboxylic acid groups (broad SMARTS) is 2. The third-order valence-electron chi connectivity index (χ3n) is 11.5. The van der Waals surface area contributed by atoms with Gasteiger partial charge >= 0.3 is 60.8 Å². The Morgan fingerprint density at radius 3 is 0.954 bits per heavy atom. The van der Waals surface area contributed by atoms with Gasteiger partial charge in [-0.2, -0.15) is 0 Å². The summed E-state index contributed by atoms with van der Waals surface area (Å²) < 4.78 is 22.0. The summed E-state index contributed by atoms with van der Waals surface area (Å²) in [4.78, 5) is 45.9. The number of ether oxygens (including phenoxy) is 4. The molecule has 0 saturated carbocycles. The van der Waals surface area contributed by atoms with Crippen LogP contribution in [0.3, 0.4) is 0 Å². The minimum atomic E-state index is -1.22. The fraction of sp³-hybridized carbons (Fsp3) is 0.704. The predicted molar refractivity (Wildman–Crippen MR) is 258 cm³/mol. The van der Waals surface area contributed by atoms with E-state index in [2.05, 4.69) is 13.8 Å².